The lowest BCUT2D eigenvalue weighted by Crippen LogP contribution is -2.36. The molecule has 27 heavy (non-hydrogen) atoms. The summed E-state index contributed by atoms with van der Waals surface area (Å²) in [6.45, 7) is 1.15. The van der Waals surface area contributed by atoms with Crippen molar-refractivity contribution in [2.24, 2.45) is 0 Å². The highest BCUT2D eigenvalue weighted by molar-refractivity contribution is 6.43. The van der Waals surface area contributed by atoms with Crippen molar-refractivity contribution in [2.45, 2.75) is 19.5 Å². The maximum atomic E-state index is 13.3. The third-order valence-corrected chi connectivity index (χ3v) is 5.26. The number of hydrogen-bond acceptors (Lipinski definition) is 4. The van der Waals surface area contributed by atoms with Gasteiger partial charge in [-0.3, -0.25) is 9.78 Å². The van der Waals surface area contributed by atoms with Crippen molar-refractivity contribution >= 4 is 29.1 Å². The first-order valence-corrected chi connectivity index (χ1v) is 9.03. The monoisotopic (exact) mass is 405 g/mol. The molecule has 0 spiro atoms. The summed E-state index contributed by atoms with van der Waals surface area (Å²) in [6.07, 6.45) is 2.00. The highest BCUT2D eigenvalue weighted by Gasteiger charge is 2.27. The number of benzene rings is 1. The summed E-state index contributed by atoms with van der Waals surface area (Å²) < 4.78 is 15.0. The van der Waals surface area contributed by atoms with E-state index in [4.69, 9.17) is 23.2 Å². The van der Waals surface area contributed by atoms with Crippen LogP contribution in [0.4, 0.5) is 4.39 Å². The molecule has 0 unspecified atom stereocenters. The molecule has 1 aliphatic rings. The SMILES string of the molecule is O=C(c1cccc(Cl)c1Cl)N1CCc2c(nnn2Cc2cc(F)ccn2)C1. The number of hydrogen-bond donors (Lipinski definition) is 0. The molecule has 2 aromatic heterocycles. The molecule has 3 aromatic rings. The molecule has 138 valence electrons. The molecule has 0 fully saturated rings. The van der Waals surface area contributed by atoms with Gasteiger partial charge in [-0.25, -0.2) is 9.07 Å². The first-order valence-electron chi connectivity index (χ1n) is 8.28. The maximum absolute atomic E-state index is 13.3. The zero-order valence-corrected chi connectivity index (χ0v) is 15.6. The largest absolute Gasteiger partial charge is 0.332 e. The Balaban J connectivity index is 1.54. The first kappa shape index (κ1) is 17.9. The van der Waals surface area contributed by atoms with Crippen LogP contribution >= 0.6 is 23.2 Å². The number of amides is 1. The van der Waals surface area contributed by atoms with Gasteiger partial charge in [-0.2, -0.15) is 0 Å². The standard InChI is InChI=1S/C18H14Cl2FN5O/c19-14-3-1-2-13(17(14)20)18(27)25-7-5-16-15(10-25)23-24-26(16)9-12-8-11(21)4-6-22-12/h1-4,6,8H,5,7,9-10H2. The van der Waals surface area contributed by atoms with Gasteiger partial charge >= 0.3 is 0 Å². The summed E-state index contributed by atoms with van der Waals surface area (Å²) in [6, 6.07) is 7.65. The molecule has 1 aromatic carbocycles. The average molecular weight is 406 g/mol. The smallest absolute Gasteiger partial charge is 0.255 e. The topological polar surface area (TPSA) is 63.9 Å². The van der Waals surface area contributed by atoms with Crippen molar-refractivity contribution in [1.29, 1.82) is 0 Å². The Morgan fingerprint density at radius 1 is 1.26 bits per heavy atom. The number of pyridine rings is 1. The molecule has 0 atom stereocenters. The summed E-state index contributed by atoms with van der Waals surface area (Å²) in [5, 5.41) is 8.91. The Morgan fingerprint density at radius 3 is 2.93 bits per heavy atom. The molecule has 1 aliphatic heterocycles. The fraction of sp³-hybridized carbons (Fsp3) is 0.222. The van der Waals surface area contributed by atoms with E-state index >= 15 is 0 Å². The third-order valence-electron chi connectivity index (χ3n) is 4.44. The summed E-state index contributed by atoms with van der Waals surface area (Å²) >= 11 is 12.2. The zero-order chi connectivity index (χ0) is 19.0. The van der Waals surface area contributed by atoms with E-state index in [0.29, 0.717) is 48.0 Å². The minimum absolute atomic E-state index is 0.200. The van der Waals surface area contributed by atoms with E-state index in [1.54, 1.807) is 27.8 Å². The molecule has 4 rings (SSSR count). The summed E-state index contributed by atoms with van der Waals surface area (Å²) in [4.78, 5) is 18.6. The third kappa shape index (κ3) is 3.52. The lowest BCUT2D eigenvalue weighted by atomic mass is 10.1. The Morgan fingerprint density at radius 2 is 2.11 bits per heavy atom. The highest BCUT2D eigenvalue weighted by atomic mass is 35.5. The second kappa shape index (κ2) is 7.25. The van der Waals surface area contributed by atoms with Gasteiger partial charge < -0.3 is 4.90 Å². The molecule has 0 radical (unpaired) electrons. The molecule has 1 amide bonds. The van der Waals surface area contributed by atoms with Crippen LogP contribution in [0, 0.1) is 5.82 Å². The van der Waals surface area contributed by atoms with Crippen molar-refractivity contribution < 1.29 is 9.18 Å². The van der Waals surface area contributed by atoms with Crippen molar-refractivity contribution in [2.75, 3.05) is 6.54 Å². The molecular weight excluding hydrogens is 392 g/mol. The maximum Gasteiger partial charge on any atom is 0.255 e. The molecule has 0 N–H and O–H groups in total. The van der Waals surface area contributed by atoms with E-state index in [-0.39, 0.29) is 16.7 Å². The fourth-order valence-corrected chi connectivity index (χ4v) is 3.48. The van der Waals surface area contributed by atoms with Crippen LogP contribution < -0.4 is 0 Å². The lowest BCUT2D eigenvalue weighted by Gasteiger charge is -2.27. The van der Waals surface area contributed by atoms with Gasteiger partial charge in [0.15, 0.2) is 0 Å². The molecule has 0 bridgehead atoms. The number of aromatic nitrogens is 4. The van der Waals surface area contributed by atoms with E-state index in [0.717, 1.165) is 5.69 Å². The second-order valence-electron chi connectivity index (χ2n) is 6.18. The number of nitrogens with zero attached hydrogens (tertiary/aromatic N) is 5. The summed E-state index contributed by atoms with van der Waals surface area (Å²) in [5.41, 5.74) is 2.56. The van der Waals surface area contributed by atoms with E-state index in [1.807, 2.05) is 0 Å². The number of fused-ring (bicyclic) bond motifs is 1. The Kier molecular flexibility index (Phi) is 4.80. The minimum atomic E-state index is -0.343. The van der Waals surface area contributed by atoms with Gasteiger partial charge in [0, 0.05) is 19.2 Å². The van der Waals surface area contributed by atoms with Crippen LogP contribution in [0.5, 0.6) is 0 Å². The van der Waals surface area contributed by atoms with Gasteiger partial charge in [-0.15, -0.1) is 5.10 Å². The molecular formula is C18H14Cl2FN5O. The molecule has 6 nitrogen and oxygen atoms in total. The van der Waals surface area contributed by atoms with Crippen LogP contribution in [-0.4, -0.2) is 37.3 Å². The molecule has 0 saturated heterocycles. The summed E-state index contributed by atoms with van der Waals surface area (Å²) in [7, 11) is 0. The number of rotatable bonds is 3. The lowest BCUT2D eigenvalue weighted by molar-refractivity contribution is 0.0731. The van der Waals surface area contributed by atoms with Crippen LogP contribution in [0.2, 0.25) is 10.0 Å². The number of halogens is 3. The van der Waals surface area contributed by atoms with Gasteiger partial charge in [-0.1, -0.05) is 34.5 Å². The molecule has 3 heterocycles. The predicted octanol–water partition coefficient (Wildman–Crippen LogP) is 3.37. The second-order valence-corrected chi connectivity index (χ2v) is 6.97. The minimum Gasteiger partial charge on any atom is -0.332 e. The van der Waals surface area contributed by atoms with Crippen molar-refractivity contribution in [3.8, 4) is 0 Å². The van der Waals surface area contributed by atoms with Crippen LogP contribution in [0.15, 0.2) is 36.5 Å². The van der Waals surface area contributed by atoms with E-state index in [2.05, 4.69) is 15.3 Å². The quantitative estimate of drug-likeness (QED) is 0.669. The van der Waals surface area contributed by atoms with Gasteiger partial charge in [0.2, 0.25) is 0 Å². The van der Waals surface area contributed by atoms with E-state index in [9.17, 15) is 9.18 Å². The van der Waals surface area contributed by atoms with Crippen LogP contribution in [0.25, 0.3) is 0 Å². The van der Waals surface area contributed by atoms with Gasteiger partial charge in [0.25, 0.3) is 5.91 Å². The fourth-order valence-electron chi connectivity index (χ4n) is 3.09. The first-order chi connectivity index (χ1) is 13.0. The highest BCUT2D eigenvalue weighted by Crippen LogP contribution is 2.28. The van der Waals surface area contributed by atoms with Crippen LogP contribution in [-0.2, 0) is 19.5 Å². The van der Waals surface area contributed by atoms with Gasteiger partial charge in [0.05, 0.1) is 40.1 Å². The normalized spacial score (nSPS) is 13.5. The summed E-state index contributed by atoms with van der Waals surface area (Å²) in [5.74, 6) is -0.543. The Bertz CT molecular complexity index is 1020. The molecule has 0 aliphatic carbocycles. The van der Waals surface area contributed by atoms with Crippen LogP contribution in [0.3, 0.4) is 0 Å². The van der Waals surface area contributed by atoms with Crippen LogP contribution in [0.1, 0.15) is 27.4 Å². The Labute approximate surface area is 164 Å². The van der Waals surface area contributed by atoms with Gasteiger partial charge in [0.1, 0.15) is 11.5 Å². The molecule has 0 saturated carbocycles. The van der Waals surface area contributed by atoms with Crippen molar-refractivity contribution in [1.82, 2.24) is 24.9 Å². The predicted molar refractivity (Wildman–Crippen MR) is 98.2 cm³/mol. The van der Waals surface area contributed by atoms with Gasteiger partial charge in [-0.05, 0) is 24.3 Å². The number of carbonyl (C=O) groups is 1. The Hall–Kier alpha value is -2.51. The zero-order valence-electron chi connectivity index (χ0n) is 14.1. The number of carbonyl (C=O) groups excluding carboxylic acids is 1. The van der Waals surface area contributed by atoms with E-state index in [1.165, 1.54) is 18.3 Å². The molecule has 9 heteroatoms. The van der Waals surface area contributed by atoms with E-state index < -0.39 is 0 Å². The van der Waals surface area contributed by atoms with Crippen molar-refractivity contribution in [3.63, 3.8) is 0 Å². The van der Waals surface area contributed by atoms with Crippen molar-refractivity contribution in [3.05, 3.63) is 75.0 Å². The average Bonchev–Trinajstić information content (AvgIpc) is 3.05.